The first-order valence-electron chi connectivity index (χ1n) is 4.43. The molecule has 1 heterocycles. The van der Waals surface area contributed by atoms with E-state index in [0.717, 1.165) is 0 Å². The van der Waals surface area contributed by atoms with Crippen LogP contribution in [-0.4, -0.2) is 26.1 Å². The van der Waals surface area contributed by atoms with Crippen molar-refractivity contribution >= 4 is 22.7 Å². The minimum Gasteiger partial charge on any atom is -0.480 e. The van der Waals surface area contributed by atoms with Crippen LogP contribution in [-0.2, 0) is 4.79 Å². The largest absolute Gasteiger partial charge is 0.480 e. The molecule has 0 fully saturated rings. The van der Waals surface area contributed by atoms with E-state index >= 15 is 0 Å². The number of rotatable bonds is 2. The summed E-state index contributed by atoms with van der Waals surface area (Å²) in [6.07, 6.45) is 0. The summed E-state index contributed by atoms with van der Waals surface area (Å²) in [5.41, 5.74) is 7.42. The van der Waals surface area contributed by atoms with Gasteiger partial charge in [0.15, 0.2) is 0 Å². The fraction of sp³-hybridized carbons (Fsp3) is 0.222. The Morgan fingerprint density at radius 1 is 1.60 bits per heavy atom. The van der Waals surface area contributed by atoms with Gasteiger partial charge in [0.2, 0.25) is 0 Å². The fourth-order valence-electron chi connectivity index (χ4n) is 1.35. The molecule has 0 unspecified atom stereocenters. The number of fused-ring (bicyclic) bond motifs is 1. The molecule has 15 heavy (non-hydrogen) atoms. The van der Waals surface area contributed by atoms with E-state index in [1.807, 2.05) is 0 Å². The summed E-state index contributed by atoms with van der Waals surface area (Å²) in [5, 5.41) is 16.5. The SMILES string of the molecule is C[C@H](C(=O)O)n1nnc2cc(N)ccc21. The zero-order valence-corrected chi connectivity index (χ0v) is 8.08. The quantitative estimate of drug-likeness (QED) is 0.704. The Morgan fingerprint density at radius 2 is 2.33 bits per heavy atom. The van der Waals surface area contributed by atoms with Crippen LogP contribution < -0.4 is 5.73 Å². The van der Waals surface area contributed by atoms with Crippen LogP contribution in [0.15, 0.2) is 18.2 Å². The molecule has 0 aliphatic rings. The van der Waals surface area contributed by atoms with Crippen molar-refractivity contribution in [2.45, 2.75) is 13.0 Å². The number of nitrogens with two attached hydrogens (primary N) is 1. The Balaban J connectivity index is 2.59. The number of hydrogen-bond acceptors (Lipinski definition) is 4. The van der Waals surface area contributed by atoms with Crippen LogP contribution in [0.25, 0.3) is 11.0 Å². The third-order valence-electron chi connectivity index (χ3n) is 2.22. The molecule has 2 rings (SSSR count). The number of carboxylic acids is 1. The van der Waals surface area contributed by atoms with E-state index in [1.54, 1.807) is 25.1 Å². The molecule has 6 nitrogen and oxygen atoms in total. The van der Waals surface area contributed by atoms with E-state index in [4.69, 9.17) is 10.8 Å². The van der Waals surface area contributed by atoms with E-state index in [0.29, 0.717) is 16.7 Å². The van der Waals surface area contributed by atoms with E-state index in [-0.39, 0.29) is 0 Å². The first kappa shape index (κ1) is 9.45. The van der Waals surface area contributed by atoms with Gasteiger partial charge in [0, 0.05) is 5.69 Å². The topological polar surface area (TPSA) is 94.0 Å². The molecule has 0 radical (unpaired) electrons. The molecule has 1 aromatic heterocycles. The minimum atomic E-state index is -0.946. The van der Waals surface area contributed by atoms with Gasteiger partial charge in [0.05, 0.1) is 5.52 Å². The molecule has 0 saturated heterocycles. The molecule has 0 bridgehead atoms. The van der Waals surface area contributed by atoms with Gasteiger partial charge in [-0.25, -0.2) is 9.48 Å². The minimum absolute atomic E-state index is 0.581. The first-order valence-corrected chi connectivity index (χ1v) is 4.43. The Labute approximate surface area is 85.3 Å². The number of carboxylic acid groups (broad SMARTS) is 1. The molecule has 1 atom stereocenters. The van der Waals surface area contributed by atoms with Gasteiger partial charge in [0.25, 0.3) is 0 Å². The summed E-state index contributed by atoms with van der Waals surface area (Å²) in [5.74, 6) is -0.946. The molecule has 0 aliphatic heterocycles. The zero-order chi connectivity index (χ0) is 11.0. The average Bonchev–Trinajstić information content (AvgIpc) is 2.59. The van der Waals surface area contributed by atoms with Gasteiger partial charge >= 0.3 is 5.97 Å². The maximum atomic E-state index is 10.8. The Hall–Kier alpha value is -2.11. The van der Waals surface area contributed by atoms with Crippen LogP contribution in [0.3, 0.4) is 0 Å². The lowest BCUT2D eigenvalue weighted by Gasteiger charge is -2.06. The third-order valence-corrected chi connectivity index (χ3v) is 2.22. The number of aliphatic carboxylic acids is 1. The predicted molar refractivity (Wildman–Crippen MR) is 54.3 cm³/mol. The van der Waals surface area contributed by atoms with E-state index < -0.39 is 12.0 Å². The highest BCUT2D eigenvalue weighted by Gasteiger charge is 2.17. The van der Waals surface area contributed by atoms with Crippen LogP contribution >= 0.6 is 0 Å². The van der Waals surface area contributed by atoms with Gasteiger partial charge in [0.1, 0.15) is 11.6 Å². The highest BCUT2D eigenvalue weighted by atomic mass is 16.4. The Morgan fingerprint density at radius 3 is 3.00 bits per heavy atom. The van der Waals surface area contributed by atoms with E-state index in [1.165, 1.54) is 4.68 Å². The van der Waals surface area contributed by atoms with Crippen LogP contribution in [0.2, 0.25) is 0 Å². The average molecular weight is 206 g/mol. The molecule has 0 spiro atoms. The van der Waals surface area contributed by atoms with E-state index in [9.17, 15) is 4.79 Å². The summed E-state index contributed by atoms with van der Waals surface area (Å²) in [7, 11) is 0. The van der Waals surface area contributed by atoms with Crippen LogP contribution in [0.5, 0.6) is 0 Å². The monoisotopic (exact) mass is 206 g/mol. The molecule has 0 saturated carbocycles. The van der Waals surface area contributed by atoms with Crippen LogP contribution in [0.4, 0.5) is 5.69 Å². The molecule has 6 heteroatoms. The lowest BCUT2D eigenvalue weighted by molar-refractivity contribution is -0.140. The van der Waals surface area contributed by atoms with Crippen molar-refractivity contribution in [3.05, 3.63) is 18.2 Å². The number of nitrogens with zero attached hydrogens (tertiary/aromatic N) is 3. The molecule has 0 amide bonds. The van der Waals surface area contributed by atoms with Gasteiger partial charge in [-0.05, 0) is 25.1 Å². The predicted octanol–water partition coefficient (Wildman–Crippen LogP) is 0.659. The second-order valence-electron chi connectivity index (χ2n) is 3.30. The summed E-state index contributed by atoms with van der Waals surface area (Å²) in [6, 6.07) is 4.33. The van der Waals surface area contributed by atoms with Gasteiger partial charge in [-0.3, -0.25) is 0 Å². The van der Waals surface area contributed by atoms with Crippen molar-refractivity contribution in [3.8, 4) is 0 Å². The Bertz CT molecular complexity index is 520. The molecule has 2 aromatic rings. The zero-order valence-electron chi connectivity index (χ0n) is 8.08. The van der Waals surface area contributed by atoms with Crippen molar-refractivity contribution in [1.82, 2.24) is 15.0 Å². The second-order valence-corrected chi connectivity index (χ2v) is 3.30. The van der Waals surface area contributed by atoms with Crippen molar-refractivity contribution in [3.63, 3.8) is 0 Å². The molecule has 1 aromatic carbocycles. The lowest BCUT2D eigenvalue weighted by atomic mass is 10.2. The number of nitrogen functional groups attached to an aromatic ring is 1. The maximum Gasteiger partial charge on any atom is 0.328 e. The first-order chi connectivity index (χ1) is 7.09. The number of hydrogen-bond donors (Lipinski definition) is 2. The summed E-state index contributed by atoms with van der Waals surface area (Å²) in [6.45, 7) is 1.55. The number of carbonyl (C=O) groups is 1. The summed E-state index contributed by atoms with van der Waals surface area (Å²) < 4.78 is 1.36. The third kappa shape index (κ3) is 1.50. The van der Waals surface area contributed by atoms with Gasteiger partial charge in [-0.2, -0.15) is 0 Å². The molecule has 3 N–H and O–H groups in total. The number of anilines is 1. The van der Waals surface area contributed by atoms with Crippen molar-refractivity contribution < 1.29 is 9.90 Å². The number of aromatic nitrogens is 3. The van der Waals surface area contributed by atoms with Gasteiger partial charge < -0.3 is 10.8 Å². The van der Waals surface area contributed by atoms with Crippen molar-refractivity contribution in [1.29, 1.82) is 0 Å². The highest BCUT2D eigenvalue weighted by Crippen LogP contribution is 2.18. The Kier molecular flexibility index (Phi) is 2.03. The standard InChI is InChI=1S/C9H10N4O2/c1-5(9(14)15)13-8-3-2-6(10)4-7(8)11-12-13/h2-5H,10H2,1H3,(H,14,15)/t5-/m1/s1. The number of benzene rings is 1. The summed E-state index contributed by atoms with van der Waals surface area (Å²) >= 11 is 0. The highest BCUT2D eigenvalue weighted by molar-refractivity contribution is 5.80. The molecule has 0 aliphatic carbocycles. The molecule has 78 valence electrons. The van der Waals surface area contributed by atoms with Crippen molar-refractivity contribution in [2.75, 3.05) is 5.73 Å². The van der Waals surface area contributed by atoms with Gasteiger partial charge in [-0.15, -0.1) is 5.10 Å². The van der Waals surface area contributed by atoms with Crippen LogP contribution in [0, 0.1) is 0 Å². The van der Waals surface area contributed by atoms with Crippen LogP contribution in [0.1, 0.15) is 13.0 Å². The molecular weight excluding hydrogens is 196 g/mol. The summed E-state index contributed by atoms with van der Waals surface area (Å²) in [4.78, 5) is 10.8. The maximum absolute atomic E-state index is 10.8. The fourth-order valence-corrected chi connectivity index (χ4v) is 1.35. The van der Waals surface area contributed by atoms with Crippen molar-refractivity contribution in [2.24, 2.45) is 0 Å². The van der Waals surface area contributed by atoms with Gasteiger partial charge in [-0.1, -0.05) is 5.21 Å². The smallest absolute Gasteiger partial charge is 0.328 e. The second kappa shape index (κ2) is 3.23. The molecular formula is C9H10N4O2. The van der Waals surface area contributed by atoms with E-state index in [2.05, 4.69) is 10.3 Å². The lowest BCUT2D eigenvalue weighted by Crippen LogP contribution is -2.16. The normalized spacial score (nSPS) is 12.9.